The molecule has 6 heterocycles. The molecule has 0 saturated heterocycles. The van der Waals surface area contributed by atoms with Crippen molar-refractivity contribution < 1.29 is 4.79 Å². The highest BCUT2D eigenvalue weighted by Gasteiger charge is 2.92. The molecule has 1 amide bonds. The number of aromatic amines is 1. The van der Waals surface area contributed by atoms with Crippen LogP contribution in [-0.2, 0) is 16.8 Å². The molecule has 2 saturated carbocycles. The van der Waals surface area contributed by atoms with Crippen molar-refractivity contribution in [3.05, 3.63) is 93.5 Å². The van der Waals surface area contributed by atoms with E-state index in [1.54, 1.807) is 16.8 Å². The molecule has 2 bridgehead atoms. The molecule has 38 heavy (non-hydrogen) atoms. The van der Waals surface area contributed by atoms with Crippen molar-refractivity contribution in [1.29, 1.82) is 0 Å². The van der Waals surface area contributed by atoms with Crippen molar-refractivity contribution >= 4 is 23.2 Å². The average Bonchev–Trinajstić information content (AvgIpc) is 3.36. The van der Waals surface area contributed by atoms with Gasteiger partial charge in [-0.15, -0.1) is 5.10 Å². The molecular weight excluding hydrogens is 504 g/mol. The molecule has 10 rings (SSSR count). The summed E-state index contributed by atoms with van der Waals surface area (Å²) in [7, 11) is 0. The van der Waals surface area contributed by atoms with Gasteiger partial charge in [0.15, 0.2) is 0 Å². The summed E-state index contributed by atoms with van der Waals surface area (Å²) in [6, 6.07) is 15.2. The van der Waals surface area contributed by atoms with E-state index in [1.807, 2.05) is 41.1 Å². The van der Waals surface area contributed by atoms with Crippen molar-refractivity contribution in [3.8, 4) is 28.1 Å². The minimum absolute atomic E-state index is 0.00889. The van der Waals surface area contributed by atoms with Gasteiger partial charge in [-0.25, -0.2) is 4.98 Å². The maximum Gasteiger partial charge on any atom is 0.252 e. The second-order valence-corrected chi connectivity index (χ2v) is 10.8. The summed E-state index contributed by atoms with van der Waals surface area (Å²) in [5.74, 6) is 1.94. The van der Waals surface area contributed by atoms with Crippen LogP contribution in [0.2, 0.25) is 5.02 Å². The van der Waals surface area contributed by atoms with Crippen LogP contribution >= 0.6 is 11.6 Å². The van der Waals surface area contributed by atoms with Gasteiger partial charge in [0.25, 0.3) is 5.56 Å². The fourth-order valence-corrected chi connectivity index (χ4v) is 7.09. The molecule has 2 unspecified atom stereocenters. The molecule has 5 aliphatic rings. The number of H-pyrrole nitrogens is 1. The van der Waals surface area contributed by atoms with E-state index in [2.05, 4.69) is 31.9 Å². The minimum atomic E-state index is -0.408. The standard InChI is InChI=1S/C27H17ClN8O2/c28-15-2-4-19(35-11-30-33-34-35)16(9-15)13-6-20-23-24-25(23)27(24,36(20)22(38)8-13)26-29-10-18(32-26)12-1-3-17-14(5-12)7-21(37)31-17/h1-6,8-11,23-25H,7H2,(H,29,32)(H,31,37). The fraction of sp³-hybridized carbons (Fsp3) is 0.185. The van der Waals surface area contributed by atoms with E-state index in [1.165, 1.54) is 6.33 Å². The minimum Gasteiger partial charge on any atom is -0.340 e. The van der Waals surface area contributed by atoms with Gasteiger partial charge in [0, 0.05) is 45.8 Å². The molecule has 10 nitrogen and oxygen atoms in total. The second-order valence-electron chi connectivity index (χ2n) is 10.4. The Morgan fingerprint density at radius 1 is 1.03 bits per heavy atom. The predicted molar refractivity (Wildman–Crippen MR) is 137 cm³/mol. The lowest BCUT2D eigenvalue weighted by atomic mass is 10.00. The molecule has 3 aliphatic heterocycles. The first-order valence-electron chi connectivity index (χ1n) is 12.3. The molecule has 2 N–H and O–H groups in total. The van der Waals surface area contributed by atoms with Gasteiger partial charge >= 0.3 is 0 Å². The molecule has 2 aromatic carbocycles. The number of anilines is 1. The highest BCUT2D eigenvalue weighted by molar-refractivity contribution is 6.31. The summed E-state index contributed by atoms with van der Waals surface area (Å²) in [4.78, 5) is 33.7. The normalized spacial score (nSPS) is 25.1. The smallest absolute Gasteiger partial charge is 0.252 e. The van der Waals surface area contributed by atoms with Gasteiger partial charge in [-0.3, -0.25) is 14.2 Å². The Hall–Kier alpha value is -4.57. The Morgan fingerprint density at radius 3 is 2.76 bits per heavy atom. The van der Waals surface area contributed by atoms with Crippen molar-refractivity contribution in [2.75, 3.05) is 5.32 Å². The fourth-order valence-electron chi connectivity index (χ4n) is 6.92. The molecule has 0 radical (unpaired) electrons. The van der Waals surface area contributed by atoms with Crippen LogP contribution in [0.1, 0.15) is 23.0 Å². The van der Waals surface area contributed by atoms with Gasteiger partial charge in [0.1, 0.15) is 17.7 Å². The zero-order valence-corrected chi connectivity index (χ0v) is 20.3. The van der Waals surface area contributed by atoms with Gasteiger partial charge in [-0.05, 0) is 63.5 Å². The van der Waals surface area contributed by atoms with Crippen molar-refractivity contribution in [3.63, 3.8) is 0 Å². The number of benzene rings is 2. The number of nitrogens with zero attached hydrogens (tertiary/aromatic N) is 6. The number of nitrogens with one attached hydrogen (secondary N) is 2. The number of imidazole rings is 1. The van der Waals surface area contributed by atoms with Gasteiger partial charge in [-0.1, -0.05) is 17.7 Å². The largest absolute Gasteiger partial charge is 0.340 e. The highest BCUT2D eigenvalue weighted by Crippen LogP contribution is 2.89. The van der Waals surface area contributed by atoms with Crippen LogP contribution in [-0.4, -0.2) is 40.6 Å². The van der Waals surface area contributed by atoms with Crippen LogP contribution in [0.4, 0.5) is 5.69 Å². The number of hydrogen-bond acceptors (Lipinski definition) is 6. The summed E-state index contributed by atoms with van der Waals surface area (Å²) in [6.45, 7) is 0. The second kappa shape index (κ2) is 6.65. The van der Waals surface area contributed by atoms with Gasteiger partial charge in [0.2, 0.25) is 5.91 Å². The lowest BCUT2D eigenvalue weighted by molar-refractivity contribution is -0.115. The van der Waals surface area contributed by atoms with Crippen LogP contribution in [0.5, 0.6) is 0 Å². The number of aromatic nitrogens is 7. The predicted octanol–water partition coefficient (Wildman–Crippen LogP) is 3.13. The number of amides is 1. The van der Waals surface area contributed by atoms with E-state index in [4.69, 9.17) is 16.6 Å². The van der Waals surface area contributed by atoms with Crippen LogP contribution < -0.4 is 10.9 Å². The molecule has 184 valence electrons. The molecule has 11 heteroatoms. The van der Waals surface area contributed by atoms with Crippen LogP contribution in [0.25, 0.3) is 28.1 Å². The topological polar surface area (TPSA) is 123 Å². The summed E-state index contributed by atoms with van der Waals surface area (Å²) in [5.41, 5.74) is 6.58. The Morgan fingerprint density at radius 2 is 1.92 bits per heavy atom. The van der Waals surface area contributed by atoms with Crippen molar-refractivity contribution in [2.45, 2.75) is 17.9 Å². The number of tetrazole rings is 1. The van der Waals surface area contributed by atoms with E-state index >= 15 is 0 Å². The van der Waals surface area contributed by atoms with E-state index in [9.17, 15) is 9.59 Å². The van der Waals surface area contributed by atoms with Gasteiger partial charge in [0.05, 0.1) is 24.0 Å². The summed E-state index contributed by atoms with van der Waals surface area (Å²) >= 11 is 6.34. The van der Waals surface area contributed by atoms with Gasteiger partial charge in [-0.2, -0.15) is 4.68 Å². The Bertz CT molecular complexity index is 1910. The number of carbonyl (C=O) groups is 1. The Labute approximate surface area is 219 Å². The maximum atomic E-state index is 13.7. The molecule has 2 atom stereocenters. The number of rotatable bonds is 4. The number of halogens is 1. The lowest BCUT2D eigenvalue weighted by Gasteiger charge is -2.18. The van der Waals surface area contributed by atoms with E-state index in [0.29, 0.717) is 29.2 Å². The lowest BCUT2D eigenvalue weighted by Crippen LogP contribution is -2.32. The van der Waals surface area contributed by atoms with E-state index < -0.39 is 5.54 Å². The monoisotopic (exact) mass is 520 g/mol. The van der Waals surface area contributed by atoms with E-state index in [0.717, 1.165) is 50.8 Å². The highest BCUT2D eigenvalue weighted by atomic mass is 35.5. The van der Waals surface area contributed by atoms with Gasteiger partial charge < -0.3 is 10.3 Å². The first kappa shape index (κ1) is 20.5. The number of fused-ring (bicyclic) bond motifs is 1. The van der Waals surface area contributed by atoms with Crippen molar-refractivity contribution in [2.24, 2.45) is 11.8 Å². The quantitative estimate of drug-likeness (QED) is 0.375. The third kappa shape index (κ3) is 2.43. The van der Waals surface area contributed by atoms with Crippen LogP contribution in [0.15, 0.2) is 65.8 Å². The third-order valence-corrected chi connectivity index (χ3v) is 8.80. The zero-order valence-electron chi connectivity index (χ0n) is 19.6. The SMILES string of the molecule is O=C1Cc2cc(-c3cnc(C45C6C(c7cc(-c8cc(Cl)ccc8-n8cnnn8)cc(=O)n74)C65)[nH]3)ccc2N1. The molecule has 5 aromatic rings. The number of carbonyl (C=O) groups excluding carboxylic acids is 1. The Balaban J connectivity index is 1.12. The molecule has 0 spiro atoms. The number of hydrogen-bond donors (Lipinski definition) is 2. The Kier molecular flexibility index (Phi) is 3.58. The maximum absolute atomic E-state index is 13.7. The number of pyridine rings is 1. The summed E-state index contributed by atoms with van der Waals surface area (Å²) in [6.07, 6.45) is 3.73. The molecule has 3 aromatic heterocycles. The summed E-state index contributed by atoms with van der Waals surface area (Å²) in [5, 5.41) is 14.9. The van der Waals surface area contributed by atoms with Crippen molar-refractivity contribution in [1.82, 2.24) is 34.7 Å². The molecular formula is C27H17ClN8O2. The summed E-state index contributed by atoms with van der Waals surface area (Å²) < 4.78 is 3.50. The van der Waals surface area contributed by atoms with Crippen LogP contribution in [0, 0.1) is 11.8 Å². The van der Waals surface area contributed by atoms with E-state index in [-0.39, 0.29) is 11.5 Å². The molecule has 2 aliphatic carbocycles. The first-order chi connectivity index (χ1) is 18.5. The molecule has 2 fully saturated rings. The first-order valence-corrected chi connectivity index (χ1v) is 12.7. The zero-order chi connectivity index (χ0) is 25.3. The average molecular weight is 521 g/mol. The third-order valence-electron chi connectivity index (χ3n) is 8.56. The van der Waals surface area contributed by atoms with Crippen LogP contribution in [0.3, 0.4) is 0 Å².